The van der Waals surface area contributed by atoms with Gasteiger partial charge < -0.3 is 16.0 Å². The molecule has 0 saturated heterocycles. The number of rotatable bonds is 3. The third-order valence-electron chi connectivity index (χ3n) is 3.37. The van der Waals surface area contributed by atoms with Crippen LogP contribution in [0.2, 0.25) is 0 Å². The number of carbonyl (C=O) groups is 2. The molecule has 2 aromatic carbocycles. The minimum Gasteiger partial charge on any atom is -0.372 e. The molecule has 1 aliphatic heterocycles. The normalized spacial score (nSPS) is 16.2. The van der Waals surface area contributed by atoms with Gasteiger partial charge in [0.05, 0.1) is 23.5 Å². The van der Waals surface area contributed by atoms with Gasteiger partial charge in [-0.3, -0.25) is 9.59 Å². The van der Waals surface area contributed by atoms with E-state index in [4.69, 9.17) is 0 Å². The second-order valence-electron chi connectivity index (χ2n) is 4.96. The lowest BCUT2D eigenvalue weighted by molar-refractivity contribution is -0.122. The molecular weight excluding hydrogens is 393 g/mol. The fourth-order valence-electron chi connectivity index (χ4n) is 2.28. The van der Waals surface area contributed by atoms with E-state index in [-0.39, 0.29) is 18.2 Å². The SMILES string of the molecule is O=C(C[C@@H]1Nc2ccccc2NC1=O)Nc1ccccc1I. The van der Waals surface area contributed by atoms with Gasteiger partial charge in [0, 0.05) is 3.57 Å². The second kappa shape index (κ2) is 6.35. The molecule has 1 aliphatic rings. The summed E-state index contributed by atoms with van der Waals surface area (Å²) in [5.74, 6) is -0.396. The fraction of sp³-hybridized carbons (Fsp3) is 0.125. The third-order valence-corrected chi connectivity index (χ3v) is 4.31. The lowest BCUT2D eigenvalue weighted by Gasteiger charge is -2.26. The highest BCUT2D eigenvalue weighted by molar-refractivity contribution is 14.1. The molecule has 1 atom stereocenters. The summed E-state index contributed by atoms with van der Waals surface area (Å²) in [6, 6.07) is 14.4. The van der Waals surface area contributed by atoms with Crippen LogP contribution in [-0.2, 0) is 9.59 Å². The number of anilines is 3. The molecule has 112 valence electrons. The zero-order chi connectivity index (χ0) is 15.5. The molecule has 0 bridgehead atoms. The van der Waals surface area contributed by atoms with Gasteiger partial charge in [-0.25, -0.2) is 0 Å². The molecule has 0 unspecified atom stereocenters. The molecule has 0 spiro atoms. The molecule has 3 N–H and O–H groups in total. The van der Waals surface area contributed by atoms with Crippen LogP contribution >= 0.6 is 22.6 Å². The maximum atomic E-state index is 12.2. The number of benzene rings is 2. The number of carbonyl (C=O) groups excluding carboxylic acids is 2. The first kappa shape index (κ1) is 14.8. The lowest BCUT2D eigenvalue weighted by atomic mass is 10.1. The average Bonchev–Trinajstić information content (AvgIpc) is 2.50. The molecular formula is C16H14IN3O2. The van der Waals surface area contributed by atoms with Crippen LogP contribution < -0.4 is 16.0 Å². The summed E-state index contributed by atoms with van der Waals surface area (Å²) in [6.45, 7) is 0. The lowest BCUT2D eigenvalue weighted by Crippen LogP contribution is -2.41. The Morgan fingerprint density at radius 2 is 1.77 bits per heavy atom. The van der Waals surface area contributed by atoms with Crippen molar-refractivity contribution in [3.05, 3.63) is 52.1 Å². The number of amides is 2. The number of nitrogens with one attached hydrogen (secondary N) is 3. The molecule has 2 aromatic rings. The molecule has 6 heteroatoms. The zero-order valence-corrected chi connectivity index (χ0v) is 13.8. The fourth-order valence-corrected chi connectivity index (χ4v) is 2.81. The van der Waals surface area contributed by atoms with Crippen LogP contribution in [0.4, 0.5) is 17.1 Å². The van der Waals surface area contributed by atoms with Crippen molar-refractivity contribution in [1.29, 1.82) is 0 Å². The van der Waals surface area contributed by atoms with Gasteiger partial charge in [0.2, 0.25) is 11.8 Å². The summed E-state index contributed by atoms with van der Waals surface area (Å²) < 4.78 is 0.958. The Balaban J connectivity index is 1.67. The minimum atomic E-state index is -0.573. The van der Waals surface area contributed by atoms with Gasteiger partial charge in [-0.15, -0.1) is 0 Å². The smallest absolute Gasteiger partial charge is 0.247 e. The Labute approximate surface area is 141 Å². The number of halogens is 1. The molecule has 0 fully saturated rings. The van der Waals surface area contributed by atoms with Crippen molar-refractivity contribution in [3.63, 3.8) is 0 Å². The summed E-state index contributed by atoms with van der Waals surface area (Å²) in [4.78, 5) is 24.2. The van der Waals surface area contributed by atoms with Crippen molar-refractivity contribution >= 4 is 51.5 Å². The van der Waals surface area contributed by atoms with Gasteiger partial charge in [-0.05, 0) is 46.9 Å². The molecule has 0 radical (unpaired) electrons. The number of para-hydroxylation sites is 3. The van der Waals surface area contributed by atoms with Gasteiger partial charge in [0.1, 0.15) is 6.04 Å². The first-order valence-corrected chi connectivity index (χ1v) is 7.92. The van der Waals surface area contributed by atoms with Crippen LogP contribution in [0.25, 0.3) is 0 Å². The summed E-state index contributed by atoms with van der Waals surface area (Å²) in [5, 5.41) is 8.75. The van der Waals surface area contributed by atoms with Crippen molar-refractivity contribution in [1.82, 2.24) is 0 Å². The highest BCUT2D eigenvalue weighted by Gasteiger charge is 2.27. The van der Waals surface area contributed by atoms with Crippen LogP contribution in [-0.4, -0.2) is 17.9 Å². The Bertz CT molecular complexity index is 733. The summed E-state index contributed by atoms with van der Waals surface area (Å²) in [6.07, 6.45) is 0.0745. The van der Waals surface area contributed by atoms with Crippen molar-refractivity contribution in [2.24, 2.45) is 0 Å². The number of hydrogen-bond donors (Lipinski definition) is 3. The van der Waals surface area contributed by atoms with E-state index in [1.807, 2.05) is 48.5 Å². The van der Waals surface area contributed by atoms with E-state index in [0.717, 1.165) is 20.6 Å². The maximum absolute atomic E-state index is 12.2. The summed E-state index contributed by atoms with van der Waals surface area (Å²) >= 11 is 2.16. The van der Waals surface area contributed by atoms with Crippen LogP contribution in [0.1, 0.15) is 6.42 Å². The van der Waals surface area contributed by atoms with Gasteiger partial charge in [-0.2, -0.15) is 0 Å². The summed E-state index contributed by atoms with van der Waals surface area (Å²) in [7, 11) is 0. The van der Waals surface area contributed by atoms with Crippen molar-refractivity contribution in [2.75, 3.05) is 16.0 Å². The van der Waals surface area contributed by atoms with E-state index in [9.17, 15) is 9.59 Å². The van der Waals surface area contributed by atoms with Crippen LogP contribution in [0.5, 0.6) is 0 Å². The first-order chi connectivity index (χ1) is 10.6. The van der Waals surface area contributed by atoms with Crippen LogP contribution in [0.3, 0.4) is 0 Å². The quantitative estimate of drug-likeness (QED) is 0.686. The Hall–Kier alpha value is -2.09. The predicted octanol–water partition coefficient (Wildman–Crippen LogP) is 3.05. The van der Waals surface area contributed by atoms with Crippen LogP contribution in [0.15, 0.2) is 48.5 Å². The zero-order valence-electron chi connectivity index (χ0n) is 11.6. The van der Waals surface area contributed by atoms with E-state index < -0.39 is 6.04 Å². The first-order valence-electron chi connectivity index (χ1n) is 6.84. The van der Waals surface area contributed by atoms with Crippen molar-refractivity contribution in [2.45, 2.75) is 12.5 Å². The van der Waals surface area contributed by atoms with Crippen molar-refractivity contribution < 1.29 is 9.59 Å². The highest BCUT2D eigenvalue weighted by Crippen LogP contribution is 2.27. The number of hydrogen-bond acceptors (Lipinski definition) is 3. The Morgan fingerprint density at radius 1 is 1.09 bits per heavy atom. The maximum Gasteiger partial charge on any atom is 0.247 e. The largest absolute Gasteiger partial charge is 0.372 e. The molecule has 0 aromatic heterocycles. The summed E-state index contributed by atoms with van der Waals surface area (Å²) in [5.41, 5.74) is 2.32. The molecule has 0 saturated carbocycles. The molecule has 0 aliphatic carbocycles. The van der Waals surface area contributed by atoms with Gasteiger partial charge >= 0.3 is 0 Å². The highest BCUT2D eigenvalue weighted by atomic mass is 127. The van der Waals surface area contributed by atoms with Crippen LogP contribution in [0, 0.1) is 3.57 Å². The monoisotopic (exact) mass is 407 g/mol. The van der Waals surface area contributed by atoms with Gasteiger partial charge in [-0.1, -0.05) is 24.3 Å². The van der Waals surface area contributed by atoms with Gasteiger partial charge in [0.25, 0.3) is 0 Å². The predicted molar refractivity (Wildman–Crippen MR) is 94.9 cm³/mol. The van der Waals surface area contributed by atoms with E-state index in [1.165, 1.54) is 0 Å². The van der Waals surface area contributed by atoms with E-state index >= 15 is 0 Å². The molecule has 1 heterocycles. The van der Waals surface area contributed by atoms with E-state index in [0.29, 0.717) is 0 Å². The topological polar surface area (TPSA) is 70.2 Å². The molecule has 2 amide bonds. The molecule has 3 rings (SSSR count). The van der Waals surface area contributed by atoms with E-state index in [2.05, 4.69) is 38.5 Å². The average molecular weight is 407 g/mol. The van der Waals surface area contributed by atoms with Gasteiger partial charge in [0.15, 0.2) is 0 Å². The Kier molecular flexibility index (Phi) is 4.28. The Morgan fingerprint density at radius 3 is 2.55 bits per heavy atom. The van der Waals surface area contributed by atoms with E-state index in [1.54, 1.807) is 0 Å². The molecule has 5 nitrogen and oxygen atoms in total. The standard InChI is InChI=1S/C16H14IN3O2/c17-10-5-1-2-6-11(10)19-15(21)9-14-16(22)20-13-8-4-3-7-12(13)18-14/h1-8,14,18H,9H2,(H,19,21)(H,20,22)/t14-/m0/s1. The second-order valence-corrected chi connectivity index (χ2v) is 6.13. The third kappa shape index (κ3) is 3.22. The minimum absolute atomic E-state index is 0.0745. The van der Waals surface area contributed by atoms with Crippen molar-refractivity contribution in [3.8, 4) is 0 Å². The number of fused-ring (bicyclic) bond motifs is 1. The molecule has 22 heavy (non-hydrogen) atoms.